The number of hydrogen-bond donors (Lipinski definition) is 2. The maximum absolute atomic E-state index is 12.7. The molecule has 164 valence electrons. The number of nitro groups is 1. The molecule has 2 heterocycles. The van der Waals surface area contributed by atoms with Crippen LogP contribution in [0.3, 0.4) is 0 Å². The van der Waals surface area contributed by atoms with Crippen LogP contribution in [-0.2, 0) is 11.2 Å². The monoisotopic (exact) mass is 460 g/mol. The Labute approximate surface area is 187 Å². The van der Waals surface area contributed by atoms with E-state index < -0.39 is 10.8 Å². The van der Waals surface area contributed by atoms with Gasteiger partial charge in [0, 0.05) is 10.9 Å². The van der Waals surface area contributed by atoms with E-state index in [1.807, 2.05) is 6.92 Å². The van der Waals surface area contributed by atoms with Gasteiger partial charge in [0.05, 0.1) is 16.1 Å². The molecule has 0 saturated carbocycles. The van der Waals surface area contributed by atoms with Crippen molar-refractivity contribution < 1.29 is 9.72 Å². The molecule has 3 aromatic rings. The van der Waals surface area contributed by atoms with E-state index in [-0.39, 0.29) is 22.7 Å². The van der Waals surface area contributed by atoms with Crippen LogP contribution in [0.25, 0.3) is 10.2 Å². The molecule has 0 aliphatic heterocycles. The number of fused-ring (bicyclic) bond motifs is 1. The van der Waals surface area contributed by atoms with Gasteiger partial charge in [-0.25, -0.2) is 4.98 Å². The fraction of sp³-hybridized carbons (Fsp3) is 0.381. The number of hydrogen-bond acceptors (Lipinski definition) is 7. The van der Waals surface area contributed by atoms with Gasteiger partial charge in [-0.15, -0.1) is 11.3 Å². The quantitative estimate of drug-likeness (QED) is 0.215. The topological polar surface area (TPSA) is 118 Å². The molecule has 0 aliphatic carbocycles. The molecule has 0 spiro atoms. The summed E-state index contributed by atoms with van der Waals surface area (Å²) in [5, 5.41) is 14.8. The van der Waals surface area contributed by atoms with E-state index in [1.165, 1.54) is 17.4 Å². The predicted octanol–water partition coefficient (Wildman–Crippen LogP) is 4.83. The molecule has 0 fully saturated rings. The molecule has 31 heavy (non-hydrogen) atoms. The Morgan fingerprint density at radius 2 is 2.13 bits per heavy atom. The number of aryl methyl sites for hydroxylation is 2. The van der Waals surface area contributed by atoms with Gasteiger partial charge >= 0.3 is 0 Å². The van der Waals surface area contributed by atoms with Gasteiger partial charge in [-0.3, -0.25) is 19.7 Å². The van der Waals surface area contributed by atoms with Gasteiger partial charge in [-0.2, -0.15) is 0 Å². The second-order valence-corrected chi connectivity index (χ2v) is 9.64. The van der Waals surface area contributed by atoms with Gasteiger partial charge in [0.1, 0.15) is 10.5 Å². The molecular formula is C21H24N4O4S2. The van der Waals surface area contributed by atoms with Crippen molar-refractivity contribution >= 4 is 50.6 Å². The summed E-state index contributed by atoms with van der Waals surface area (Å²) in [6, 6.07) is 4.61. The van der Waals surface area contributed by atoms with Crippen molar-refractivity contribution in [3.63, 3.8) is 0 Å². The Bertz CT molecular complexity index is 1200. The van der Waals surface area contributed by atoms with E-state index >= 15 is 0 Å². The van der Waals surface area contributed by atoms with Crippen LogP contribution in [0.1, 0.15) is 36.3 Å². The Balaban J connectivity index is 1.77. The van der Waals surface area contributed by atoms with Gasteiger partial charge in [0.2, 0.25) is 5.91 Å². The summed E-state index contributed by atoms with van der Waals surface area (Å²) in [6.07, 6.45) is 1.86. The van der Waals surface area contributed by atoms with Gasteiger partial charge in [0.15, 0.2) is 5.16 Å². The molecule has 10 heteroatoms. The standard InChI is InChI=1S/C21H24N4O4S2/c1-5-11(2)9-14-13(4)31-20-17(14)19(27)23-21(24-20)30-10-16(26)22-18-12(3)7-6-8-15(18)25(28)29/h6-8,11H,5,9-10H2,1-4H3,(H,22,26)(H,23,24,27)/t11-/m1/s1. The Hall–Kier alpha value is -2.72. The molecule has 1 atom stereocenters. The van der Waals surface area contributed by atoms with E-state index in [0.29, 0.717) is 26.9 Å². The van der Waals surface area contributed by atoms with Crippen LogP contribution in [0, 0.1) is 29.9 Å². The number of carbonyl (C=O) groups is 1. The summed E-state index contributed by atoms with van der Waals surface area (Å²) in [4.78, 5) is 44.9. The molecule has 1 aromatic carbocycles. The third-order valence-corrected chi connectivity index (χ3v) is 7.06. The summed E-state index contributed by atoms with van der Waals surface area (Å²) in [6.45, 7) is 7.98. The smallest absolute Gasteiger partial charge is 0.293 e. The number of nitrogens with zero attached hydrogens (tertiary/aromatic N) is 2. The first-order valence-corrected chi connectivity index (χ1v) is 11.7. The summed E-state index contributed by atoms with van der Waals surface area (Å²) in [5.41, 5.74) is 1.46. The fourth-order valence-corrected chi connectivity index (χ4v) is 5.01. The van der Waals surface area contributed by atoms with Crippen molar-refractivity contribution in [1.29, 1.82) is 0 Å². The van der Waals surface area contributed by atoms with Crippen molar-refractivity contribution in [2.45, 2.75) is 45.7 Å². The first-order chi connectivity index (χ1) is 14.7. The van der Waals surface area contributed by atoms with E-state index in [2.05, 4.69) is 29.1 Å². The number of H-pyrrole nitrogens is 1. The summed E-state index contributed by atoms with van der Waals surface area (Å²) in [5.74, 6) is 0.0217. The predicted molar refractivity (Wildman–Crippen MR) is 125 cm³/mol. The van der Waals surface area contributed by atoms with E-state index in [0.717, 1.165) is 35.0 Å². The highest BCUT2D eigenvalue weighted by atomic mass is 32.2. The lowest BCUT2D eigenvalue weighted by atomic mass is 9.98. The molecule has 0 bridgehead atoms. The molecule has 2 N–H and O–H groups in total. The molecule has 0 radical (unpaired) electrons. The number of nitro benzene ring substituents is 1. The highest BCUT2D eigenvalue weighted by molar-refractivity contribution is 7.99. The zero-order valence-electron chi connectivity index (χ0n) is 17.8. The zero-order valence-corrected chi connectivity index (χ0v) is 19.4. The molecule has 0 aliphatic rings. The lowest BCUT2D eigenvalue weighted by molar-refractivity contribution is -0.384. The average Bonchev–Trinajstić information content (AvgIpc) is 3.03. The SMILES string of the molecule is CC[C@@H](C)Cc1c(C)sc2nc(SCC(=O)Nc3c(C)cccc3[N+](=O)[O-])[nH]c(=O)c12. The molecule has 1 amide bonds. The molecule has 0 unspecified atom stereocenters. The summed E-state index contributed by atoms with van der Waals surface area (Å²) >= 11 is 2.57. The summed E-state index contributed by atoms with van der Waals surface area (Å²) in [7, 11) is 0. The minimum absolute atomic E-state index is 0.0377. The number of thioether (sulfide) groups is 1. The average molecular weight is 461 g/mol. The van der Waals surface area contributed by atoms with Gasteiger partial charge < -0.3 is 10.3 Å². The minimum atomic E-state index is -0.529. The Morgan fingerprint density at radius 3 is 2.81 bits per heavy atom. The van der Waals surface area contributed by atoms with Gasteiger partial charge in [-0.1, -0.05) is 44.2 Å². The number of anilines is 1. The maximum Gasteiger partial charge on any atom is 0.293 e. The molecular weight excluding hydrogens is 436 g/mol. The van der Waals surface area contributed by atoms with E-state index in [4.69, 9.17) is 0 Å². The lowest BCUT2D eigenvalue weighted by Crippen LogP contribution is -2.17. The minimum Gasteiger partial charge on any atom is -0.319 e. The molecule has 3 rings (SSSR count). The summed E-state index contributed by atoms with van der Waals surface area (Å²) < 4.78 is 0. The van der Waals surface area contributed by atoms with Crippen LogP contribution in [0.15, 0.2) is 28.2 Å². The number of para-hydroxylation sites is 1. The van der Waals surface area contributed by atoms with Gasteiger partial charge in [-0.05, 0) is 37.3 Å². The van der Waals surface area contributed by atoms with Crippen molar-refractivity contribution in [3.05, 3.63) is 54.7 Å². The first kappa shape index (κ1) is 23.0. The lowest BCUT2D eigenvalue weighted by Gasteiger charge is -2.09. The fourth-order valence-electron chi connectivity index (χ4n) is 3.24. The number of nitrogens with one attached hydrogen (secondary N) is 2. The van der Waals surface area contributed by atoms with Crippen molar-refractivity contribution in [2.24, 2.45) is 5.92 Å². The largest absolute Gasteiger partial charge is 0.319 e. The van der Waals surface area contributed by atoms with Crippen LogP contribution >= 0.6 is 23.1 Å². The number of carbonyl (C=O) groups excluding carboxylic acids is 1. The second kappa shape index (κ2) is 9.61. The van der Waals surface area contributed by atoms with Crippen LogP contribution in [0.2, 0.25) is 0 Å². The number of rotatable bonds is 8. The van der Waals surface area contributed by atoms with Crippen LogP contribution in [-0.4, -0.2) is 26.6 Å². The van der Waals surface area contributed by atoms with Crippen molar-refractivity contribution in [3.8, 4) is 0 Å². The highest BCUT2D eigenvalue weighted by Crippen LogP contribution is 2.31. The van der Waals surface area contributed by atoms with Crippen LogP contribution in [0.4, 0.5) is 11.4 Å². The number of amides is 1. The zero-order chi connectivity index (χ0) is 22.7. The first-order valence-electron chi connectivity index (χ1n) is 9.90. The number of aromatic amines is 1. The van der Waals surface area contributed by atoms with E-state index in [1.54, 1.807) is 19.1 Å². The Kier molecular flexibility index (Phi) is 7.11. The van der Waals surface area contributed by atoms with Gasteiger partial charge in [0.25, 0.3) is 11.2 Å². The van der Waals surface area contributed by atoms with E-state index in [9.17, 15) is 19.7 Å². The Morgan fingerprint density at radius 1 is 1.39 bits per heavy atom. The molecule has 0 saturated heterocycles. The van der Waals surface area contributed by atoms with Crippen molar-refractivity contribution in [2.75, 3.05) is 11.1 Å². The number of aromatic nitrogens is 2. The number of benzene rings is 1. The number of thiophene rings is 1. The van der Waals surface area contributed by atoms with Crippen LogP contribution < -0.4 is 10.9 Å². The molecule has 8 nitrogen and oxygen atoms in total. The van der Waals surface area contributed by atoms with Crippen LogP contribution in [0.5, 0.6) is 0 Å². The third kappa shape index (κ3) is 5.13. The molecule has 2 aromatic heterocycles. The second-order valence-electron chi connectivity index (χ2n) is 7.47. The highest BCUT2D eigenvalue weighted by Gasteiger charge is 2.19. The third-order valence-electron chi connectivity index (χ3n) is 5.14. The normalized spacial score (nSPS) is 12.1. The maximum atomic E-state index is 12.7. The van der Waals surface area contributed by atoms with Crippen molar-refractivity contribution in [1.82, 2.24) is 9.97 Å².